The van der Waals surface area contributed by atoms with Gasteiger partial charge in [-0.05, 0) is 71.9 Å². The molecule has 0 aliphatic carbocycles. The first-order valence-electron chi connectivity index (χ1n) is 8.44. The minimum Gasteiger partial charge on any atom is -0.487 e. The summed E-state index contributed by atoms with van der Waals surface area (Å²) in [6.07, 6.45) is 1.73. The van der Waals surface area contributed by atoms with Crippen molar-refractivity contribution < 1.29 is 14.0 Å². The third kappa shape index (κ3) is 4.80. The van der Waals surface area contributed by atoms with E-state index in [0.29, 0.717) is 11.3 Å². The van der Waals surface area contributed by atoms with E-state index in [2.05, 4.69) is 61.8 Å². The van der Waals surface area contributed by atoms with Gasteiger partial charge in [-0.3, -0.25) is 4.79 Å². The normalized spacial score (nSPS) is 22.2. The molecule has 4 nitrogen and oxygen atoms in total. The lowest BCUT2D eigenvalue weighted by Crippen LogP contribution is -2.54. The number of hydrogen-bond donors (Lipinski definition) is 1. The fraction of sp³-hybridized carbons (Fsp3) is 0.611. The number of nitrogens with one attached hydrogen (secondary N) is 1. The van der Waals surface area contributed by atoms with Crippen LogP contribution < -0.4 is 10.1 Å². The summed E-state index contributed by atoms with van der Waals surface area (Å²) in [7, 11) is -1.87. The molecule has 1 aliphatic heterocycles. The second kappa shape index (κ2) is 7.84. The van der Waals surface area contributed by atoms with Gasteiger partial charge in [0.15, 0.2) is 14.6 Å². The van der Waals surface area contributed by atoms with Gasteiger partial charge in [0.1, 0.15) is 11.9 Å². The summed E-state index contributed by atoms with van der Waals surface area (Å²) >= 11 is 2.20. The summed E-state index contributed by atoms with van der Waals surface area (Å²) in [5, 5.41) is 3.57. The van der Waals surface area contributed by atoms with Crippen molar-refractivity contribution in [1.82, 2.24) is 5.32 Å². The highest BCUT2D eigenvalue weighted by atomic mass is 127. The minimum atomic E-state index is -1.87. The molecule has 2 unspecified atom stereocenters. The van der Waals surface area contributed by atoms with Crippen molar-refractivity contribution in [2.75, 3.05) is 13.1 Å². The maximum absolute atomic E-state index is 11.3. The number of hydrogen-bond acceptors (Lipinski definition) is 4. The van der Waals surface area contributed by atoms with Crippen LogP contribution in [0.5, 0.6) is 5.75 Å². The number of benzene rings is 1. The van der Waals surface area contributed by atoms with E-state index in [4.69, 9.17) is 9.16 Å². The summed E-state index contributed by atoms with van der Waals surface area (Å²) in [5.41, 5.74) is 0.603. The van der Waals surface area contributed by atoms with Crippen LogP contribution in [-0.4, -0.2) is 39.9 Å². The molecule has 1 aromatic rings. The number of rotatable bonds is 5. The van der Waals surface area contributed by atoms with E-state index in [0.717, 1.165) is 29.4 Å². The van der Waals surface area contributed by atoms with E-state index in [9.17, 15) is 4.79 Å². The van der Waals surface area contributed by atoms with Gasteiger partial charge in [0, 0.05) is 10.1 Å². The third-order valence-electron chi connectivity index (χ3n) is 5.00. The average molecular weight is 461 g/mol. The summed E-state index contributed by atoms with van der Waals surface area (Å²) in [5.74, 6) is 0.654. The molecule has 24 heavy (non-hydrogen) atoms. The monoisotopic (exact) mass is 461 g/mol. The van der Waals surface area contributed by atoms with Crippen molar-refractivity contribution in [2.24, 2.45) is 0 Å². The zero-order chi connectivity index (χ0) is 18.0. The van der Waals surface area contributed by atoms with Crippen LogP contribution in [0, 0.1) is 3.57 Å². The Hall–Kier alpha value is -0.443. The molecule has 1 heterocycles. The Morgan fingerprint density at radius 2 is 2.00 bits per heavy atom. The smallest absolute Gasteiger partial charge is 0.192 e. The zero-order valence-corrected chi connectivity index (χ0v) is 18.3. The zero-order valence-electron chi connectivity index (χ0n) is 15.2. The Bertz CT molecular complexity index is 586. The van der Waals surface area contributed by atoms with Gasteiger partial charge in [0.25, 0.3) is 0 Å². The number of piperidine rings is 1. The van der Waals surface area contributed by atoms with Gasteiger partial charge in [-0.25, -0.2) is 0 Å². The molecule has 0 saturated carbocycles. The van der Waals surface area contributed by atoms with Crippen LogP contribution in [0.1, 0.15) is 37.6 Å². The Balaban J connectivity index is 2.17. The molecule has 1 saturated heterocycles. The summed E-state index contributed by atoms with van der Waals surface area (Å²) < 4.78 is 13.8. The van der Waals surface area contributed by atoms with Crippen molar-refractivity contribution in [2.45, 2.75) is 57.5 Å². The Kier molecular flexibility index (Phi) is 6.50. The molecular weight excluding hydrogens is 433 g/mol. The lowest BCUT2D eigenvalue weighted by atomic mass is 10.1. The highest BCUT2D eigenvalue weighted by Gasteiger charge is 2.42. The van der Waals surface area contributed by atoms with Crippen LogP contribution >= 0.6 is 22.6 Å². The topological polar surface area (TPSA) is 47.6 Å². The predicted molar refractivity (Wildman–Crippen MR) is 109 cm³/mol. The van der Waals surface area contributed by atoms with E-state index >= 15 is 0 Å². The lowest BCUT2D eigenvalue weighted by Gasteiger charge is -2.43. The van der Waals surface area contributed by atoms with Gasteiger partial charge in [0.05, 0.1) is 11.7 Å². The van der Waals surface area contributed by atoms with Crippen LogP contribution in [0.4, 0.5) is 0 Å². The van der Waals surface area contributed by atoms with Gasteiger partial charge in [0.2, 0.25) is 0 Å². The summed E-state index contributed by atoms with van der Waals surface area (Å²) in [6.45, 7) is 13.0. The Morgan fingerprint density at radius 3 is 2.62 bits per heavy atom. The highest BCUT2D eigenvalue weighted by Crippen LogP contribution is 2.38. The number of aldehydes is 1. The second-order valence-electron chi connectivity index (χ2n) is 7.87. The highest BCUT2D eigenvalue weighted by molar-refractivity contribution is 14.1. The first-order valence-corrected chi connectivity index (χ1v) is 12.4. The summed E-state index contributed by atoms with van der Waals surface area (Å²) in [4.78, 5) is 11.3. The molecule has 1 aromatic carbocycles. The summed E-state index contributed by atoms with van der Waals surface area (Å²) in [6, 6.07) is 5.71. The minimum absolute atomic E-state index is 0.0124. The fourth-order valence-corrected chi connectivity index (χ4v) is 4.36. The van der Waals surface area contributed by atoms with Crippen LogP contribution in [0.2, 0.25) is 18.1 Å². The number of halogens is 1. The maximum atomic E-state index is 11.3. The lowest BCUT2D eigenvalue weighted by molar-refractivity contribution is 0.0235. The molecule has 2 atom stereocenters. The Morgan fingerprint density at radius 1 is 1.29 bits per heavy atom. The first-order chi connectivity index (χ1) is 11.1. The van der Waals surface area contributed by atoms with E-state index in [1.165, 1.54) is 0 Å². The Labute approximate surface area is 160 Å². The largest absolute Gasteiger partial charge is 0.487 e. The van der Waals surface area contributed by atoms with E-state index in [1.807, 2.05) is 18.2 Å². The van der Waals surface area contributed by atoms with Gasteiger partial charge in [-0.2, -0.15) is 0 Å². The maximum Gasteiger partial charge on any atom is 0.192 e. The fourth-order valence-electron chi connectivity index (χ4n) is 2.50. The molecule has 6 heteroatoms. The molecule has 1 fully saturated rings. The molecule has 0 radical (unpaired) electrons. The molecule has 0 aromatic heterocycles. The standard InChI is InChI=1S/C18H28INO3Si/c1-18(2,3)24(4,5)23-17-11-20-9-8-16(17)22-15-7-6-14(19)10-13(15)12-21/h6-7,10,12,16-17,20H,8-9,11H2,1-5H3. The molecule has 0 amide bonds. The number of carbonyl (C=O) groups excluding carboxylic acids is 1. The molecule has 134 valence electrons. The number of ether oxygens (including phenoxy) is 1. The van der Waals surface area contributed by atoms with Gasteiger partial charge in [-0.1, -0.05) is 20.8 Å². The van der Waals surface area contributed by atoms with Crippen molar-refractivity contribution >= 4 is 37.2 Å². The molecular formula is C18H28INO3Si. The van der Waals surface area contributed by atoms with Crippen LogP contribution in [0.25, 0.3) is 0 Å². The van der Waals surface area contributed by atoms with Crippen LogP contribution in [-0.2, 0) is 4.43 Å². The predicted octanol–water partition coefficient (Wildman–Crippen LogP) is 4.23. The van der Waals surface area contributed by atoms with E-state index in [1.54, 1.807) is 0 Å². The van der Waals surface area contributed by atoms with E-state index < -0.39 is 8.32 Å². The van der Waals surface area contributed by atoms with Crippen LogP contribution in [0.15, 0.2) is 18.2 Å². The average Bonchev–Trinajstić information content (AvgIpc) is 2.49. The van der Waals surface area contributed by atoms with Crippen molar-refractivity contribution in [1.29, 1.82) is 0 Å². The SMILES string of the molecule is CC(C)(C)[Si](C)(C)OC1CNCCC1Oc1ccc(I)cc1C=O. The van der Waals surface area contributed by atoms with Gasteiger partial charge in [-0.15, -0.1) is 0 Å². The van der Waals surface area contributed by atoms with E-state index in [-0.39, 0.29) is 17.2 Å². The third-order valence-corrected chi connectivity index (χ3v) is 10.2. The van der Waals surface area contributed by atoms with Crippen molar-refractivity contribution in [3.8, 4) is 5.75 Å². The molecule has 1 N–H and O–H groups in total. The quantitative estimate of drug-likeness (QED) is 0.405. The second-order valence-corrected chi connectivity index (χ2v) is 13.9. The molecule has 0 spiro atoms. The molecule has 1 aliphatic rings. The van der Waals surface area contributed by atoms with Gasteiger partial charge < -0.3 is 14.5 Å². The first kappa shape index (κ1) is 19.9. The van der Waals surface area contributed by atoms with Crippen LogP contribution in [0.3, 0.4) is 0 Å². The number of carbonyl (C=O) groups is 1. The van der Waals surface area contributed by atoms with Crippen molar-refractivity contribution in [3.63, 3.8) is 0 Å². The van der Waals surface area contributed by atoms with Crippen molar-refractivity contribution in [3.05, 3.63) is 27.3 Å². The molecule has 0 bridgehead atoms. The molecule has 2 rings (SSSR count). The van der Waals surface area contributed by atoms with Gasteiger partial charge >= 0.3 is 0 Å².